The number of aliphatic imine (C=N–C) groups is 3. The summed E-state index contributed by atoms with van der Waals surface area (Å²) in [4.78, 5) is 13.7. The smallest absolute Gasteiger partial charge is 0.0980 e. The Morgan fingerprint density at radius 3 is 1.75 bits per heavy atom. The van der Waals surface area contributed by atoms with Crippen LogP contribution in [0, 0.1) is 0 Å². The molecule has 0 radical (unpaired) electrons. The summed E-state index contributed by atoms with van der Waals surface area (Å²) in [5, 5.41) is 0. The van der Waals surface area contributed by atoms with Gasteiger partial charge in [0.1, 0.15) is 0 Å². The molecule has 0 spiro atoms. The minimum atomic E-state index is 0.785. The molecule has 0 saturated heterocycles. The molecule has 0 unspecified atom stereocenters. The predicted octanol–water partition coefficient (Wildman–Crippen LogP) is 4.60. The van der Waals surface area contributed by atoms with Crippen molar-refractivity contribution in [3.8, 4) is 0 Å². The van der Waals surface area contributed by atoms with Gasteiger partial charge in [-0.05, 0) is 30.4 Å². The minimum Gasteiger partial charge on any atom is -0.256 e. The van der Waals surface area contributed by atoms with Crippen LogP contribution in [0.2, 0.25) is 0 Å². The molecule has 3 nitrogen and oxygen atoms in total. The van der Waals surface area contributed by atoms with Gasteiger partial charge in [0, 0.05) is 24.2 Å². The molecule has 3 heterocycles. The number of hydrogen-bond donors (Lipinski definition) is 0. The predicted molar refractivity (Wildman–Crippen MR) is 104 cm³/mol. The van der Waals surface area contributed by atoms with Crippen molar-refractivity contribution >= 4 is 17.1 Å². The van der Waals surface area contributed by atoms with Gasteiger partial charge >= 0.3 is 0 Å². The van der Waals surface area contributed by atoms with Crippen LogP contribution in [-0.4, -0.2) is 17.1 Å². The molecular weight excluding hydrogens is 294 g/mol. The first-order valence-corrected chi connectivity index (χ1v) is 7.73. The molecule has 0 saturated carbocycles. The number of nitrogens with zero attached hydrogens (tertiary/aromatic N) is 3. The maximum absolute atomic E-state index is 4.61. The van der Waals surface area contributed by atoms with E-state index in [-0.39, 0.29) is 0 Å². The summed E-state index contributed by atoms with van der Waals surface area (Å²) in [7, 11) is 0. The second-order valence-electron chi connectivity index (χ2n) is 4.98. The lowest BCUT2D eigenvalue weighted by Gasteiger charge is -2.12. The van der Waals surface area contributed by atoms with Crippen molar-refractivity contribution in [2.45, 2.75) is 0 Å². The lowest BCUT2D eigenvalue weighted by Crippen LogP contribution is -2.20. The number of hydrogen-bond acceptors (Lipinski definition) is 3. The fraction of sp³-hybridized carbons (Fsp3) is 0. The highest BCUT2D eigenvalue weighted by molar-refractivity contribution is 6.58. The lowest BCUT2D eigenvalue weighted by molar-refractivity contribution is 1.50. The van der Waals surface area contributed by atoms with Gasteiger partial charge in [0.15, 0.2) is 0 Å². The van der Waals surface area contributed by atoms with Crippen molar-refractivity contribution in [1.82, 2.24) is 0 Å². The van der Waals surface area contributed by atoms with E-state index in [1.165, 1.54) is 0 Å². The fourth-order valence-electron chi connectivity index (χ4n) is 2.22. The molecule has 3 rings (SSSR count). The van der Waals surface area contributed by atoms with Crippen LogP contribution in [0.25, 0.3) is 0 Å². The van der Waals surface area contributed by atoms with Gasteiger partial charge in [-0.1, -0.05) is 54.7 Å². The zero-order valence-corrected chi connectivity index (χ0v) is 13.2. The summed E-state index contributed by atoms with van der Waals surface area (Å²) in [6.45, 7) is 0. The molecule has 3 aliphatic rings. The Morgan fingerprint density at radius 2 is 1.00 bits per heavy atom. The standard InChI is InChI=1S/C21H17N3/c1-3-9-15-22-19(13-7-1)18-12-6-5-11-17-24-21(18)20-14-8-2-4-10-16-23-20/h1-17H/b3-1+,4-2-,6-5-,7-1?,8-2?,9-3?,10-4?,11-5?,12-6?,13-7-,14-8-,15-9-,16-10-,17-11-,18-12-,19-13?,20-14?,21-18?,22-15?,22-19-,23-16?,23-20+,24-17?,24-21+. The van der Waals surface area contributed by atoms with Gasteiger partial charge < -0.3 is 0 Å². The summed E-state index contributed by atoms with van der Waals surface area (Å²) in [5.41, 5.74) is 3.34. The van der Waals surface area contributed by atoms with Crippen molar-refractivity contribution in [2.75, 3.05) is 0 Å². The molecular formula is C21H17N3. The topological polar surface area (TPSA) is 37.1 Å². The van der Waals surface area contributed by atoms with E-state index in [2.05, 4.69) is 15.0 Å². The highest BCUT2D eigenvalue weighted by atomic mass is 14.8. The van der Waals surface area contributed by atoms with Gasteiger partial charge in [-0.15, -0.1) is 0 Å². The highest BCUT2D eigenvalue weighted by Crippen LogP contribution is 2.12. The Kier molecular flexibility index (Phi) is 5.41. The summed E-state index contributed by atoms with van der Waals surface area (Å²) in [6.07, 6.45) is 32.6. The average molecular weight is 311 g/mol. The zero-order valence-electron chi connectivity index (χ0n) is 13.2. The first kappa shape index (κ1) is 15.6. The molecule has 0 aromatic rings. The largest absolute Gasteiger partial charge is 0.256 e. The van der Waals surface area contributed by atoms with E-state index in [9.17, 15) is 0 Å². The van der Waals surface area contributed by atoms with Crippen molar-refractivity contribution in [2.24, 2.45) is 15.0 Å². The monoisotopic (exact) mass is 311 g/mol. The van der Waals surface area contributed by atoms with Gasteiger partial charge in [0.2, 0.25) is 0 Å². The van der Waals surface area contributed by atoms with Crippen LogP contribution in [0.4, 0.5) is 0 Å². The number of allylic oxidation sites excluding steroid dienone is 15. The molecule has 0 fully saturated rings. The Morgan fingerprint density at radius 1 is 0.458 bits per heavy atom. The Bertz CT molecular complexity index is 774. The quantitative estimate of drug-likeness (QED) is 0.715. The summed E-state index contributed by atoms with van der Waals surface area (Å²) < 4.78 is 0. The van der Waals surface area contributed by atoms with Gasteiger partial charge in [0.05, 0.1) is 17.1 Å². The molecule has 3 heteroatoms. The molecule has 0 atom stereocenters. The van der Waals surface area contributed by atoms with E-state index in [1.54, 1.807) is 18.6 Å². The molecule has 3 aliphatic heterocycles. The maximum atomic E-state index is 4.61. The van der Waals surface area contributed by atoms with E-state index in [0.29, 0.717) is 0 Å². The third-order valence-electron chi connectivity index (χ3n) is 3.32. The van der Waals surface area contributed by atoms with Gasteiger partial charge in [-0.2, -0.15) is 0 Å². The van der Waals surface area contributed by atoms with Crippen LogP contribution in [-0.2, 0) is 0 Å². The fourth-order valence-corrected chi connectivity index (χ4v) is 2.22. The first-order chi connectivity index (χ1) is 11.9. The molecule has 116 valence electrons. The van der Waals surface area contributed by atoms with E-state index in [1.807, 2.05) is 85.1 Å². The minimum absolute atomic E-state index is 0.785. The number of rotatable bonds is 2. The van der Waals surface area contributed by atoms with E-state index >= 15 is 0 Å². The maximum Gasteiger partial charge on any atom is 0.0980 e. The second kappa shape index (κ2) is 8.34. The van der Waals surface area contributed by atoms with Crippen molar-refractivity contribution < 1.29 is 0 Å². The van der Waals surface area contributed by atoms with Crippen LogP contribution in [0.3, 0.4) is 0 Å². The van der Waals surface area contributed by atoms with E-state index < -0.39 is 0 Å². The van der Waals surface area contributed by atoms with Crippen LogP contribution < -0.4 is 0 Å². The lowest BCUT2D eigenvalue weighted by atomic mass is 9.98. The summed E-state index contributed by atoms with van der Waals surface area (Å²) >= 11 is 0. The molecule has 0 aliphatic carbocycles. The third-order valence-corrected chi connectivity index (χ3v) is 3.32. The molecule has 0 N–H and O–H groups in total. The van der Waals surface area contributed by atoms with E-state index in [4.69, 9.17) is 0 Å². The molecule has 0 bridgehead atoms. The average Bonchev–Trinajstić information content (AvgIpc) is 2.49. The van der Waals surface area contributed by atoms with Crippen LogP contribution in [0.5, 0.6) is 0 Å². The highest BCUT2D eigenvalue weighted by Gasteiger charge is 2.16. The van der Waals surface area contributed by atoms with Gasteiger partial charge in [-0.25, -0.2) is 0 Å². The van der Waals surface area contributed by atoms with Crippen molar-refractivity contribution in [3.05, 3.63) is 109 Å². The molecule has 24 heavy (non-hydrogen) atoms. The van der Waals surface area contributed by atoms with Gasteiger partial charge in [-0.3, -0.25) is 15.0 Å². The normalized spacial score (nSPS) is 38.7. The first-order valence-electron chi connectivity index (χ1n) is 7.73. The summed E-state index contributed by atoms with van der Waals surface area (Å²) in [5.74, 6) is 0. The Balaban J connectivity index is 2.06. The Hall–Kier alpha value is -3.33. The molecule has 0 aromatic heterocycles. The second-order valence-corrected chi connectivity index (χ2v) is 4.98. The van der Waals surface area contributed by atoms with Crippen LogP contribution in [0.15, 0.2) is 124 Å². The van der Waals surface area contributed by atoms with Crippen LogP contribution in [0.1, 0.15) is 0 Å². The van der Waals surface area contributed by atoms with Crippen molar-refractivity contribution in [3.63, 3.8) is 0 Å². The van der Waals surface area contributed by atoms with Crippen LogP contribution >= 0.6 is 0 Å². The van der Waals surface area contributed by atoms with E-state index in [0.717, 1.165) is 22.7 Å². The SMILES string of the molecule is C1=C\C=C/C(C2=N/C=C\C=C/C=C\2C2=N\C=C/C=C/C=C\2)=N\C=C/1. The summed E-state index contributed by atoms with van der Waals surface area (Å²) in [6, 6.07) is 0. The zero-order chi connectivity index (χ0) is 16.5. The third kappa shape index (κ3) is 4.11. The molecule has 0 aromatic carbocycles. The molecule has 0 amide bonds. The van der Waals surface area contributed by atoms with Crippen molar-refractivity contribution in [1.29, 1.82) is 0 Å². The Labute approximate surface area is 142 Å². The van der Waals surface area contributed by atoms with Gasteiger partial charge in [0.25, 0.3) is 0 Å².